The number of amides is 1. The second-order valence-electron chi connectivity index (χ2n) is 4.87. The molecule has 0 aliphatic heterocycles. The molecule has 2 aromatic rings. The van der Waals surface area contributed by atoms with E-state index in [9.17, 15) is 9.90 Å². The minimum absolute atomic E-state index is 0.143. The van der Waals surface area contributed by atoms with Gasteiger partial charge < -0.3 is 29.7 Å². The number of aromatic hydroxyl groups is 1. The van der Waals surface area contributed by atoms with E-state index in [1.165, 1.54) is 39.5 Å². The minimum atomic E-state index is -0.427. The predicted octanol–water partition coefficient (Wildman–Crippen LogP) is 2.16. The number of anilines is 1. The number of rotatable bonds is 6. The molecule has 2 aromatic carbocycles. The van der Waals surface area contributed by atoms with Gasteiger partial charge in [0.1, 0.15) is 5.75 Å². The van der Waals surface area contributed by atoms with E-state index in [4.69, 9.17) is 19.3 Å². The van der Waals surface area contributed by atoms with Crippen molar-refractivity contribution in [3.63, 3.8) is 0 Å². The summed E-state index contributed by atoms with van der Waals surface area (Å²) < 4.78 is 15.7. The second-order valence-corrected chi connectivity index (χ2v) is 4.87. The summed E-state index contributed by atoms with van der Waals surface area (Å²) in [6.45, 7) is -0.305. The van der Waals surface area contributed by atoms with Crippen LogP contribution >= 0.6 is 0 Å². The number of hydrogen-bond donors (Lipinski definition) is 3. The lowest BCUT2D eigenvalue weighted by molar-refractivity contribution is 0.102. The van der Waals surface area contributed by atoms with Crippen LogP contribution in [0.15, 0.2) is 30.3 Å². The molecule has 0 heterocycles. The number of aliphatic hydroxyl groups is 1. The highest BCUT2D eigenvalue weighted by atomic mass is 16.5. The van der Waals surface area contributed by atoms with Gasteiger partial charge in [-0.05, 0) is 12.1 Å². The van der Waals surface area contributed by atoms with Crippen molar-refractivity contribution >= 4 is 11.6 Å². The molecule has 7 heteroatoms. The number of hydrogen-bond acceptors (Lipinski definition) is 6. The molecule has 3 N–H and O–H groups in total. The molecule has 128 valence electrons. The van der Waals surface area contributed by atoms with Crippen LogP contribution in [-0.2, 0) is 6.61 Å². The Labute approximate surface area is 139 Å². The first-order valence-electron chi connectivity index (χ1n) is 7.08. The van der Waals surface area contributed by atoms with Crippen molar-refractivity contribution in [2.75, 3.05) is 26.6 Å². The van der Waals surface area contributed by atoms with Crippen LogP contribution in [0.4, 0.5) is 5.69 Å². The van der Waals surface area contributed by atoms with E-state index in [-0.39, 0.29) is 17.9 Å². The second kappa shape index (κ2) is 7.56. The Balaban J connectivity index is 2.30. The maximum atomic E-state index is 12.3. The van der Waals surface area contributed by atoms with E-state index in [1.807, 2.05) is 0 Å². The molecule has 0 aliphatic rings. The Bertz CT molecular complexity index is 719. The zero-order valence-electron chi connectivity index (χ0n) is 13.6. The summed E-state index contributed by atoms with van der Waals surface area (Å²) in [7, 11) is 4.45. The fourth-order valence-electron chi connectivity index (χ4n) is 2.20. The molecule has 0 bridgehead atoms. The van der Waals surface area contributed by atoms with Crippen LogP contribution in [0, 0.1) is 0 Å². The third-order valence-corrected chi connectivity index (χ3v) is 3.44. The topological polar surface area (TPSA) is 97.3 Å². The van der Waals surface area contributed by atoms with Gasteiger partial charge >= 0.3 is 0 Å². The van der Waals surface area contributed by atoms with E-state index in [1.54, 1.807) is 12.1 Å². The van der Waals surface area contributed by atoms with Crippen LogP contribution < -0.4 is 19.5 Å². The van der Waals surface area contributed by atoms with Crippen molar-refractivity contribution in [3.05, 3.63) is 41.5 Å². The van der Waals surface area contributed by atoms with Crippen LogP contribution in [-0.4, -0.2) is 37.4 Å². The fraction of sp³-hybridized carbons (Fsp3) is 0.235. The minimum Gasteiger partial charge on any atom is -0.508 e. The molecule has 0 aliphatic carbocycles. The Morgan fingerprint density at radius 3 is 2.12 bits per heavy atom. The van der Waals surface area contributed by atoms with Gasteiger partial charge in [0.05, 0.1) is 27.9 Å². The van der Waals surface area contributed by atoms with Crippen molar-refractivity contribution in [1.29, 1.82) is 0 Å². The van der Waals surface area contributed by atoms with E-state index in [2.05, 4.69) is 5.32 Å². The molecule has 0 spiro atoms. The van der Waals surface area contributed by atoms with Crippen LogP contribution in [0.1, 0.15) is 15.9 Å². The highest BCUT2D eigenvalue weighted by molar-refractivity contribution is 6.04. The first-order valence-corrected chi connectivity index (χ1v) is 7.08. The average molecular weight is 333 g/mol. The lowest BCUT2D eigenvalue weighted by Gasteiger charge is -2.14. The lowest BCUT2D eigenvalue weighted by atomic mass is 10.1. The lowest BCUT2D eigenvalue weighted by Crippen LogP contribution is -2.12. The van der Waals surface area contributed by atoms with E-state index < -0.39 is 5.91 Å². The zero-order chi connectivity index (χ0) is 17.7. The maximum Gasteiger partial charge on any atom is 0.255 e. The van der Waals surface area contributed by atoms with E-state index in [0.29, 0.717) is 28.5 Å². The quantitative estimate of drug-likeness (QED) is 0.749. The molecule has 0 saturated heterocycles. The highest BCUT2D eigenvalue weighted by Gasteiger charge is 2.15. The number of carbonyl (C=O) groups excluding carboxylic acids is 1. The zero-order valence-corrected chi connectivity index (χ0v) is 13.6. The van der Waals surface area contributed by atoms with Crippen LogP contribution in [0.3, 0.4) is 0 Å². The summed E-state index contributed by atoms with van der Waals surface area (Å²) in [6, 6.07) is 7.49. The Morgan fingerprint density at radius 2 is 1.67 bits per heavy atom. The molecular formula is C17H19NO6. The number of aliphatic hydroxyl groups excluding tert-OH is 1. The third-order valence-electron chi connectivity index (χ3n) is 3.44. The molecular weight excluding hydrogens is 314 g/mol. The Hall–Kier alpha value is -2.93. The van der Waals surface area contributed by atoms with Crippen LogP contribution in [0.25, 0.3) is 0 Å². The number of carbonyl (C=O) groups is 1. The molecule has 24 heavy (non-hydrogen) atoms. The van der Waals surface area contributed by atoms with Gasteiger partial charge in [-0.15, -0.1) is 0 Å². The molecule has 0 fully saturated rings. The third kappa shape index (κ3) is 3.52. The Morgan fingerprint density at radius 1 is 1.04 bits per heavy atom. The monoisotopic (exact) mass is 333 g/mol. The first kappa shape index (κ1) is 17.4. The summed E-state index contributed by atoms with van der Waals surface area (Å²) in [6.07, 6.45) is 0. The van der Waals surface area contributed by atoms with Gasteiger partial charge in [-0.3, -0.25) is 4.79 Å². The smallest absolute Gasteiger partial charge is 0.255 e. The summed E-state index contributed by atoms with van der Waals surface area (Å²) in [5.74, 6) is 0.665. The van der Waals surface area contributed by atoms with Gasteiger partial charge in [0, 0.05) is 28.9 Å². The van der Waals surface area contributed by atoms with Gasteiger partial charge in [-0.1, -0.05) is 6.07 Å². The SMILES string of the molecule is COc1cc(NC(=O)c2ccc(CO)c(O)c2)cc(OC)c1OC. The van der Waals surface area contributed by atoms with Crippen molar-refractivity contribution in [2.45, 2.75) is 6.61 Å². The number of phenols is 1. The molecule has 0 radical (unpaired) electrons. The van der Waals surface area contributed by atoms with Crippen LogP contribution in [0.2, 0.25) is 0 Å². The highest BCUT2D eigenvalue weighted by Crippen LogP contribution is 2.40. The summed E-state index contributed by atoms with van der Waals surface area (Å²) in [5, 5.41) is 21.5. The molecule has 0 aromatic heterocycles. The normalized spacial score (nSPS) is 10.2. The standard InChI is InChI=1S/C17H19NO6/c1-22-14-7-12(8-15(23-2)16(14)24-3)18-17(21)10-4-5-11(9-19)13(20)6-10/h4-8,19-20H,9H2,1-3H3,(H,18,21). The van der Waals surface area contributed by atoms with Gasteiger partial charge in [0.2, 0.25) is 5.75 Å². The predicted molar refractivity (Wildman–Crippen MR) is 88.1 cm³/mol. The number of methoxy groups -OCH3 is 3. The molecule has 1 amide bonds. The molecule has 2 rings (SSSR count). The van der Waals surface area contributed by atoms with Crippen molar-refractivity contribution < 1.29 is 29.2 Å². The van der Waals surface area contributed by atoms with Gasteiger partial charge in [-0.2, -0.15) is 0 Å². The van der Waals surface area contributed by atoms with Gasteiger partial charge in [0.15, 0.2) is 11.5 Å². The van der Waals surface area contributed by atoms with Crippen molar-refractivity contribution in [3.8, 4) is 23.0 Å². The Kier molecular flexibility index (Phi) is 5.49. The van der Waals surface area contributed by atoms with Crippen molar-refractivity contribution in [1.82, 2.24) is 0 Å². The van der Waals surface area contributed by atoms with E-state index in [0.717, 1.165) is 0 Å². The average Bonchev–Trinajstić information content (AvgIpc) is 2.60. The summed E-state index contributed by atoms with van der Waals surface area (Å²) >= 11 is 0. The van der Waals surface area contributed by atoms with Gasteiger partial charge in [0.25, 0.3) is 5.91 Å². The fourth-order valence-corrected chi connectivity index (χ4v) is 2.20. The van der Waals surface area contributed by atoms with Gasteiger partial charge in [-0.25, -0.2) is 0 Å². The maximum absolute atomic E-state index is 12.3. The largest absolute Gasteiger partial charge is 0.508 e. The number of nitrogens with one attached hydrogen (secondary N) is 1. The molecule has 0 atom stereocenters. The summed E-state index contributed by atoms with van der Waals surface area (Å²) in [4.78, 5) is 12.3. The number of ether oxygens (including phenoxy) is 3. The molecule has 0 saturated carbocycles. The summed E-state index contributed by atoms with van der Waals surface area (Å²) in [5.41, 5.74) is 1.04. The van der Waals surface area contributed by atoms with E-state index >= 15 is 0 Å². The number of benzene rings is 2. The van der Waals surface area contributed by atoms with Crippen LogP contribution in [0.5, 0.6) is 23.0 Å². The van der Waals surface area contributed by atoms with Crippen molar-refractivity contribution in [2.24, 2.45) is 0 Å². The first-order chi connectivity index (χ1) is 11.5. The molecule has 0 unspecified atom stereocenters. The molecule has 7 nitrogen and oxygen atoms in total.